The molecule has 0 bridgehead atoms. The van der Waals surface area contributed by atoms with Crippen molar-refractivity contribution < 1.29 is 9.90 Å². The molecule has 1 rings (SSSR count). The highest BCUT2D eigenvalue weighted by molar-refractivity contribution is 6.32. The van der Waals surface area contributed by atoms with Gasteiger partial charge in [0.05, 0.1) is 6.42 Å². The molecule has 0 heterocycles. The van der Waals surface area contributed by atoms with Crippen molar-refractivity contribution >= 4 is 29.5 Å². The molecule has 3 N–H and O–H groups in total. The Morgan fingerprint density at radius 2 is 2.33 bits per heavy atom. The van der Waals surface area contributed by atoms with Gasteiger partial charge in [-0.1, -0.05) is 11.6 Å². The summed E-state index contributed by atoms with van der Waals surface area (Å²) in [4.78, 5) is 10.6. The van der Waals surface area contributed by atoms with Crippen LogP contribution in [0.5, 0.6) is 0 Å². The Balaban J connectivity index is 3.31. The molecule has 0 unspecified atom stereocenters. The average Bonchev–Trinajstić information content (AvgIpc) is 2.20. The van der Waals surface area contributed by atoms with Gasteiger partial charge < -0.3 is 15.8 Å². The van der Waals surface area contributed by atoms with Gasteiger partial charge in [0.1, 0.15) is 0 Å². The van der Waals surface area contributed by atoms with E-state index in [9.17, 15) is 4.79 Å². The van der Waals surface area contributed by atoms with Gasteiger partial charge in [0.2, 0.25) is 0 Å². The van der Waals surface area contributed by atoms with Crippen LogP contribution >= 0.6 is 11.6 Å². The van der Waals surface area contributed by atoms with E-state index in [1.165, 1.54) is 0 Å². The lowest BCUT2D eigenvalue weighted by atomic mass is 10.0. The summed E-state index contributed by atoms with van der Waals surface area (Å²) in [6, 6.07) is 3.34. The number of hydrogen-bond acceptors (Lipinski definition) is 3. The molecule has 0 amide bonds. The minimum absolute atomic E-state index is 0.181. The Labute approximate surface area is 92.4 Å². The van der Waals surface area contributed by atoms with Gasteiger partial charge in [-0.3, -0.25) is 4.79 Å². The highest BCUT2D eigenvalue weighted by Gasteiger charge is 2.12. The van der Waals surface area contributed by atoms with Crippen LogP contribution in [0.25, 0.3) is 0 Å². The van der Waals surface area contributed by atoms with E-state index < -0.39 is 5.97 Å². The van der Waals surface area contributed by atoms with E-state index in [4.69, 9.17) is 22.1 Å². The molecule has 15 heavy (non-hydrogen) atoms. The molecular formula is C10H11ClN2O2. The van der Waals surface area contributed by atoms with Crippen molar-refractivity contribution in [2.75, 3.05) is 12.4 Å². The average molecular weight is 227 g/mol. The molecule has 1 aromatic carbocycles. The molecular weight excluding hydrogens is 216 g/mol. The summed E-state index contributed by atoms with van der Waals surface area (Å²) in [6.07, 6.45) is 0.926. The third-order valence-electron chi connectivity index (χ3n) is 2.04. The standard InChI is InChI=1S/C10H11ClN2O2/c1-13-9-3-2-8(11)6(4-10(14)15)7(9)5-12/h2-3,5,12-13H,4H2,1H3,(H,14,15). The van der Waals surface area contributed by atoms with E-state index in [0.717, 1.165) is 6.21 Å². The monoisotopic (exact) mass is 226 g/mol. The third kappa shape index (κ3) is 2.47. The Morgan fingerprint density at radius 3 is 2.80 bits per heavy atom. The quantitative estimate of drug-likeness (QED) is 0.688. The maximum Gasteiger partial charge on any atom is 0.307 e. The van der Waals surface area contributed by atoms with Crippen LogP contribution in [0.15, 0.2) is 12.1 Å². The normalized spacial score (nSPS) is 9.73. The van der Waals surface area contributed by atoms with E-state index in [1.54, 1.807) is 19.2 Å². The summed E-state index contributed by atoms with van der Waals surface area (Å²) in [5.74, 6) is -0.965. The van der Waals surface area contributed by atoms with Gasteiger partial charge >= 0.3 is 5.97 Å². The number of carbonyl (C=O) groups is 1. The molecule has 0 saturated carbocycles. The highest BCUT2D eigenvalue weighted by Crippen LogP contribution is 2.26. The third-order valence-corrected chi connectivity index (χ3v) is 2.40. The van der Waals surface area contributed by atoms with Crippen LogP contribution in [-0.4, -0.2) is 24.3 Å². The molecule has 80 valence electrons. The molecule has 0 atom stereocenters. The summed E-state index contributed by atoms with van der Waals surface area (Å²) >= 11 is 5.89. The summed E-state index contributed by atoms with van der Waals surface area (Å²) in [7, 11) is 1.71. The van der Waals surface area contributed by atoms with Crippen molar-refractivity contribution in [2.24, 2.45) is 0 Å². The first kappa shape index (κ1) is 11.5. The van der Waals surface area contributed by atoms with E-state index in [0.29, 0.717) is 21.8 Å². The van der Waals surface area contributed by atoms with Crippen LogP contribution in [0, 0.1) is 5.41 Å². The number of anilines is 1. The maximum atomic E-state index is 10.6. The Hall–Kier alpha value is -1.55. The minimum atomic E-state index is -0.965. The number of nitrogens with one attached hydrogen (secondary N) is 2. The summed E-state index contributed by atoms with van der Waals surface area (Å²) in [5.41, 5.74) is 1.68. The number of halogens is 1. The zero-order valence-corrected chi connectivity index (χ0v) is 8.93. The van der Waals surface area contributed by atoms with E-state index in [-0.39, 0.29) is 6.42 Å². The van der Waals surface area contributed by atoms with E-state index in [2.05, 4.69) is 5.32 Å². The summed E-state index contributed by atoms with van der Waals surface area (Å²) < 4.78 is 0. The minimum Gasteiger partial charge on any atom is -0.481 e. The smallest absolute Gasteiger partial charge is 0.307 e. The molecule has 0 saturated heterocycles. The van der Waals surface area contributed by atoms with Gasteiger partial charge in [0.25, 0.3) is 0 Å². The predicted octanol–water partition coefficient (Wildman–Crippen LogP) is 2.01. The van der Waals surface area contributed by atoms with Gasteiger partial charge in [-0.2, -0.15) is 0 Å². The first-order chi connectivity index (χ1) is 7.10. The lowest BCUT2D eigenvalue weighted by molar-refractivity contribution is -0.136. The fourth-order valence-electron chi connectivity index (χ4n) is 1.35. The van der Waals surface area contributed by atoms with Gasteiger partial charge in [0, 0.05) is 29.5 Å². The Bertz CT molecular complexity index is 405. The second-order valence-electron chi connectivity index (χ2n) is 2.95. The second kappa shape index (κ2) is 4.79. The van der Waals surface area contributed by atoms with Crippen LogP contribution in [0.4, 0.5) is 5.69 Å². The zero-order chi connectivity index (χ0) is 11.4. The molecule has 0 radical (unpaired) electrons. The molecule has 0 aliphatic rings. The molecule has 0 aromatic heterocycles. The number of hydrogen-bond donors (Lipinski definition) is 3. The first-order valence-electron chi connectivity index (χ1n) is 4.31. The van der Waals surface area contributed by atoms with Crippen LogP contribution in [0.3, 0.4) is 0 Å². The lowest BCUT2D eigenvalue weighted by Gasteiger charge is -2.11. The van der Waals surface area contributed by atoms with Crippen molar-refractivity contribution in [3.05, 3.63) is 28.3 Å². The second-order valence-corrected chi connectivity index (χ2v) is 3.36. The van der Waals surface area contributed by atoms with Crippen molar-refractivity contribution in [1.29, 1.82) is 5.41 Å². The topological polar surface area (TPSA) is 73.2 Å². The molecule has 4 nitrogen and oxygen atoms in total. The number of rotatable bonds is 4. The number of carboxylic acids is 1. The largest absolute Gasteiger partial charge is 0.481 e. The van der Waals surface area contributed by atoms with Gasteiger partial charge in [-0.25, -0.2) is 0 Å². The van der Waals surface area contributed by atoms with Gasteiger partial charge in [0.15, 0.2) is 0 Å². The fraction of sp³-hybridized carbons (Fsp3) is 0.200. The Morgan fingerprint density at radius 1 is 1.67 bits per heavy atom. The SMILES string of the molecule is CNc1ccc(Cl)c(CC(=O)O)c1C=N. The van der Waals surface area contributed by atoms with Crippen molar-refractivity contribution in [3.8, 4) is 0 Å². The summed E-state index contributed by atoms with van der Waals surface area (Å²) in [6.45, 7) is 0. The molecule has 0 aliphatic carbocycles. The van der Waals surface area contributed by atoms with Crippen LogP contribution < -0.4 is 5.32 Å². The molecule has 0 aliphatic heterocycles. The molecule has 5 heteroatoms. The van der Waals surface area contributed by atoms with Crippen LogP contribution in [-0.2, 0) is 11.2 Å². The Kier molecular flexibility index (Phi) is 3.68. The fourth-order valence-corrected chi connectivity index (χ4v) is 1.58. The maximum absolute atomic E-state index is 10.6. The van der Waals surface area contributed by atoms with E-state index in [1.807, 2.05) is 0 Å². The van der Waals surface area contributed by atoms with Gasteiger partial charge in [-0.15, -0.1) is 0 Å². The number of aliphatic carboxylic acids is 1. The zero-order valence-electron chi connectivity index (χ0n) is 8.17. The predicted molar refractivity (Wildman–Crippen MR) is 60.2 cm³/mol. The van der Waals surface area contributed by atoms with Crippen molar-refractivity contribution in [1.82, 2.24) is 0 Å². The first-order valence-corrected chi connectivity index (χ1v) is 4.69. The summed E-state index contributed by atoms with van der Waals surface area (Å²) in [5, 5.41) is 19.2. The molecule has 0 fully saturated rings. The number of carboxylic acid groups (broad SMARTS) is 1. The van der Waals surface area contributed by atoms with E-state index >= 15 is 0 Å². The molecule has 1 aromatic rings. The highest BCUT2D eigenvalue weighted by atomic mass is 35.5. The van der Waals surface area contributed by atoms with Crippen molar-refractivity contribution in [3.63, 3.8) is 0 Å². The van der Waals surface area contributed by atoms with Gasteiger partial charge in [-0.05, 0) is 17.7 Å². The van der Waals surface area contributed by atoms with Crippen LogP contribution in [0.1, 0.15) is 11.1 Å². The lowest BCUT2D eigenvalue weighted by Crippen LogP contribution is -2.06. The molecule has 0 spiro atoms. The number of benzene rings is 1. The van der Waals surface area contributed by atoms with Crippen LogP contribution in [0.2, 0.25) is 5.02 Å². The van der Waals surface area contributed by atoms with Crippen molar-refractivity contribution in [2.45, 2.75) is 6.42 Å².